The summed E-state index contributed by atoms with van der Waals surface area (Å²) in [7, 11) is 1.61. The molecule has 0 bridgehead atoms. The first-order chi connectivity index (χ1) is 8.93. The Hall–Kier alpha value is -1.82. The van der Waals surface area contributed by atoms with Crippen molar-refractivity contribution in [1.82, 2.24) is 5.32 Å². The fourth-order valence-corrected chi connectivity index (χ4v) is 1.87. The summed E-state index contributed by atoms with van der Waals surface area (Å²) in [5.41, 5.74) is -0.909. The first kappa shape index (κ1) is 13.6. The Morgan fingerprint density at radius 1 is 1.21 bits per heavy atom. The molecule has 1 unspecified atom stereocenters. The third kappa shape index (κ3) is 2.78. The van der Waals surface area contributed by atoms with Crippen molar-refractivity contribution in [2.45, 2.75) is 12.2 Å². The highest BCUT2D eigenvalue weighted by Gasteiger charge is 2.34. The van der Waals surface area contributed by atoms with E-state index in [-0.39, 0.29) is 0 Å². The van der Waals surface area contributed by atoms with Crippen LogP contribution in [0.3, 0.4) is 0 Å². The lowest BCUT2D eigenvalue weighted by atomic mass is 10.0. The van der Waals surface area contributed by atoms with Gasteiger partial charge in [-0.15, -0.1) is 0 Å². The number of halogens is 4. The van der Waals surface area contributed by atoms with Gasteiger partial charge in [0.1, 0.15) is 11.6 Å². The average molecular weight is 273 g/mol. The van der Waals surface area contributed by atoms with Crippen molar-refractivity contribution in [3.63, 3.8) is 0 Å². The molecule has 0 saturated heterocycles. The van der Waals surface area contributed by atoms with Crippen molar-refractivity contribution < 1.29 is 22.0 Å². The molecule has 2 nitrogen and oxygen atoms in total. The summed E-state index contributed by atoms with van der Waals surface area (Å²) in [5, 5.41) is 2.86. The molecule has 0 amide bonds. The summed E-state index contributed by atoms with van der Waals surface area (Å²) in [6.45, 7) is 0. The molecule has 0 spiro atoms. The first-order valence-electron chi connectivity index (χ1n) is 5.51. The SMILES string of the molecule is CNC(c1ccc(C(F)(F)F)c(F)c1)c1ccco1. The quantitative estimate of drug-likeness (QED) is 0.862. The van der Waals surface area contributed by atoms with Crippen molar-refractivity contribution in [3.05, 3.63) is 59.3 Å². The maximum absolute atomic E-state index is 13.5. The summed E-state index contributed by atoms with van der Waals surface area (Å²) >= 11 is 0. The van der Waals surface area contributed by atoms with E-state index in [4.69, 9.17) is 4.42 Å². The summed E-state index contributed by atoms with van der Waals surface area (Å²) in [4.78, 5) is 0. The summed E-state index contributed by atoms with van der Waals surface area (Å²) < 4.78 is 56.1. The van der Waals surface area contributed by atoms with E-state index in [2.05, 4.69) is 5.32 Å². The van der Waals surface area contributed by atoms with Gasteiger partial charge in [-0.3, -0.25) is 0 Å². The van der Waals surface area contributed by atoms with E-state index < -0.39 is 23.6 Å². The molecule has 1 atom stereocenters. The molecule has 19 heavy (non-hydrogen) atoms. The number of rotatable bonds is 3. The lowest BCUT2D eigenvalue weighted by Gasteiger charge is -2.16. The molecule has 1 heterocycles. The molecular formula is C13H11F4NO. The minimum Gasteiger partial charge on any atom is -0.467 e. The van der Waals surface area contributed by atoms with Crippen molar-refractivity contribution in [2.24, 2.45) is 0 Å². The second-order valence-corrected chi connectivity index (χ2v) is 3.97. The van der Waals surface area contributed by atoms with Gasteiger partial charge >= 0.3 is 6.18 Å². The third-order valence-electron chi connectivity index (χ3n) is 2.75. The van der Waals surface area contributed by atoms with Gasteiger partial charge in [0.2, 0.25) is 0 Å². The zero-order valence-electron chi connectivity index (χ0n) is 9.96. The van der Waals surface area contributed by atoms with E-state index in [0.29, 0.717) is 11.3 Å². The zero-order chi connectivity index (χ0) is 14.0. The molecule has 2 aromatic rings. The maximum atomic E-state index is 13.5. The Kier molecular flexibility index (Phi) is 3.61. The Balaban J connectivity index is 2.39. The van der Waals surface area contributed by atoms with Crippen LogP contribution in [0.4, 0.5) is 17.6 Å². The van der Waals surface area contributed by atoms with Crippen LogP contribution in [0.1, 0.15) is 22.9 Å². The van der Waals surface area contributed by atoms with E-state index in [9.17, 15) is 17.6 Å². The maximum Gasteiger partial charge on any atom is 0.419 e. The van der Waals surface area contributed by atoms with Gasteiger partial charge in [0.15, 0.2) is 0 Å². The molecule has 0 aliphatic carbocycles. The molecule has 1 N–H and O–H groups in total. The molecule has 0 aliphatic heterocycles. The molecule has 1 aromatic heterocycles. The molecule has 6 heteroatoms. The van der Waals surface area contributed by atoms with Gasteiger partial charge in [0.05, 0.1) is 17.9 Å². The van der Waals surface area contributed by atoms with Crippen molar-refractivity contribution >= 4 is 0 Å². The minimum absolute atomic E-state index is 0.364. The van der Waals surface area contributed by atoms with Crippen molar-refractivity contribution in [1.29, 1.82) is 0 Å². The van der Waals surface area contributed by atoms with Crippen LogP contribution < -0.4 is 5.32 Å². The zero-order valence-corrected chi connectivity index (χ0v) is 9.96. The largest absolute Gasteiger partial charge is 0.467 e. The summed E-state index contributed by atoms with van der Waals surface area (Å²) in [6.07, 6.45) is -3.25. The van der Waals surface area contributed by atoms with Gasteiger partial charge < -0.3 is 9.73 Å². The minimum atomic E-state index is -4.69. The number of hydrogen-bond donors (Lipinski definition) is 1. The first-order valence-corrected chi connectivity index (χ1v) is 5.51. The molecule has 0 saturated carbocycles. The van der Waals surface area contributed by atoms with Crippen LogP contribution in [-0.4, -0.2) is 7.05 Å². The van der Waals surface area contributed by atoms with Gasteiger partial charge in [-0.25, -0.2) is 4.39 Å². The average Bonchev–Trinajstić information content (AvgIpc) is 2.82. The fourth-order valence-electron chi connectivity index (χ4n) is 1.87. The van der Waals surface area contributed by atoms with E-state index in [0.717, 1.165) is 12.1 Å². The Morgan fingerprint density at radius 3 is 2.42 bits per heavy atom. The Morgan fingerprint density at radius 2 is 1.95 bits per heavy atom. The smallest absolute Gasteiger partial charge is 0.419 e. The van der Waals surface area contributed by atoms with Crippen LogP contribution in [-0.2, 0) is 6.18 Å². The van der Waals surface area contributed by atoms with E-state index in [1.165, 1.54) is 12.3 Å². The van der Waals surface area contributed by atoms with Crippen molar-refractivity contribution in [2.75, 3.05) is 7.05 Å². The lowest BCUT2D eigenvalue weighted by Crippen LogP contribution is -2.18. The highest BCUT2D eigenvalue weighted by molar-refractivity contribution is 5.32. The monoisotopic (exact) mass is 273 g/mol. The summed E-state index contributed by atoms with van der Waals surface area (Å²) in [5.74, 6) is -0.793. The predicted octanol–water partition coefficient (Wildman–Crippen LogP) is 3.75. The molecule has 0 aliphatic rings. The Labute approximate surface area is 107 Å². The van der Waals surface area contributed by atoms with Gasteiger partial charge in [-0.1, -0.05) is 6.07 Å². The van der Waals surface area contributed by atoms with Crippen LogP contribution in [0.25, 0.3) is 0 Å². The highest BCUT2D eigenvalue weighted by atomic mass is 19.4. The number of hydrogen-bond acceptors (Lipinski definition) is 2. The van der Waals surface area contributed by atoms with Gasteiger partial charge in [-0.2, -0.15) is 13.2 Å². The second kappa shape index (κ2) is 5.05. The van der Waals surface area contributed by atoms with Crippen LogP contribution in [0, 0.1) is 5.82 Å². The third-order valence-corrected chi connectivity index (χ3v) is 2.75. The van der Waals surface area contributed by atoms with Crippen LogP contribution in [0.15, 0.2) is 41.0 Å². The standard InChI is InChI=1S/C13H11F4NO/c1-18-12(11-3-2-6-19-11)8-4-5-9(10(14)7-8)13(15,16)17/h2-7,12,18H,1H3. The topological polar surface area (TPSA) is 25.2 Å². The van der Waals surface area contributed by atoms with E-state index in [1.54, 1.807) is 19.2 Å². The van der Waals surface area contributed by atoms with Crippen LogP contribution in [0.5, 0.6) is 0 Å². The fraction of sp³-hybridized carbons (Fsp3) is 0.231. The molecule has 2 rings (SSSR count). The van der Waals surface area contributed by atoms with Gasteiger partial charge in [-0.05, 0) is 36.9 Å². The molecule has 1 aromatic carbocycles. The molecule has 0 fully saturated rings. The highest BCUT2D eigenvalue weighted by Crippen LogP contribution is 2.33. The predicted molar refractivity (Wildman–Crippen MR) is 61.0 cm³/mol. The van der Waals surface area contributed by atoms with E-state index >= 15 is 0 Å². The van der Waals surface area contributed by atoms with Crippen molar-refractivity contribution in [3.8, 4) is 0 Å². The Bertz CT molecular complexity index is 548. The normalized spacial score (nSPS) is 13.5. The van der Waals surface area contributed by atoms with Gasteiger partial charge in [0, 0.05) is 0 Å². The number of alkyl halides is 3. The number of benzene rings is 1. The molecular weight excluding hydrogens is 262 g/mol. The lowest BCUT2D eigenvalue weighted by molar-refractivity contribution is -0.140. The van der Waals surface area contributed by atoms with Crippen LogP contribution >= 0.6 is 0 Å². The number of nitrogens with one attached hydrogen (secondary N) is 1. The summed E-state index contributed by atoms with van der Waals surface area (Å²) in [6, 6.07) is 5.66. The van der Waals surface area contributed by atoms with E-state index in [1.807, 2.05) is 0 Å². The van der Waals surface area contributed by atoms with Gasteiger partial charge in [0.25, 0.3) is 0 Å². The molecule has 0 radical (unpaired) electrons. The second-order valence-electron chi connectivity index (χ2n) is 3.97. The molecule has 102 valence electrons. The van der Waals surface area contributed by atoms with Crippen LogP contribution in [0.2, 0.25) is 0 Å². The number of furan rings is 1.